The number of rotatable bonds is 3. The molecule has 3 heteroatoms. The lowest BCUT2D eigenvalue weighted by Crippen LogP contribution is -2.14. The van der Waals surface area contributed by atoms with E-state index in [1.54, 1.807) is 12.4 Å². The first-order valence-corrected chi connectivity index (χ1v) is 4.88. The summed E-state index contributed by atoms with van der Waals surface area (Å²) in [7, 11) is 0. The third-order valence-corrected chi connectivity index (χ3v) is 2.37. The van der Waals surface area contributed by atoms with Gasteiger partial charge in [0.15, 0.2) is 0 Å². The third-order valence-electron chi connectivity index (χ3n) is 2.37. The van der Waals surface area contributed by atoms with E-state index in [1.807, 2.05) is 19.1 Å². The van der Waals surface area contributed by atoms with Crippen molar-refractivity contribution in [3.63, 3.8) is 0 Å². The van der Waals surface area contributed by atoms with Crippen LogP contribution in [0.4, 0.5) is 0 Å². The van der Waals surface area contributed by atoms with Crippen molar-refractivity contribution in [2.24, 2.45) is 0 Å². The van der Waals surface area contributed by atoms with Gasteiger partial charge in [-0.1, -0.05) is 0 Å². The quantitative estimate of drug-likeness (QED) is 0.685. The van der Waals surface area contributed by atoms with Crippen molar-refractivity contribution in [1.29, 1.82) is 0 Å². The number of carbonyl (C=O) groups excluding carboxylic acids is 1. The summed E-state index contributed by atoms with van der Waals surface area (Å²) < 4.78 is 5.22. The molecule has 14 heavy (non-hydrogen) atoms. The molecular weight excluding hydrogens is 178 g/mol. The van der Waals surface area contributed by atoms with Crippen LogP contribution in [0.1, 0.15) is 31.2 Å². The lowest BCUT2D eigenvalue weighted by atomic mass is 10.0. The van der Waals surface area contributed by atoms with Crippen molar-refractivity contribution >= 4 is 5.97 Å². The van der Waals surface area contributed by atoms with E-state index < -0.39 is 0 Å². The molecule has 1 atom stereocenters. The lowest BCUT2D eigenvalue weighted by Gasteiger charge is -2.10. The van der Waals surface area contributed by atoms with Crippen molar-refractivity contribution in [1.82, 2.24) is 4.98 Å². The predicted octanol–water partition coefficient (Wildman–Crippen LogP) is 1.89. The van der Waals surface area contributed by atoms with Crippen LogP contribution in [0, 0.1) is 0 Å². The van der Waals surface area contributed by atoms with Gasteiger partial charge < -0.3 is 4.74 Å². The molecule has 0 radical (unpaired) electrons. The van der Waals surface area contributed by atoms with Gasteiger partial charge in [-0.05, 0) is 37.5 Å². The number of hydrogen-bond acceptors (Lipinski definition) is 3. The summed E-state index contributed by atoms with van der Waals surface area (Å²) in [5, 5.41) is 0. The van der Waals surface area contributed by atoms with E-state index in [2.05, 4.69) is 4.98 Å². The van der Waals surface area contributed by atoms with E-state index in [4.69, 9.17) is 4.74 Å². The molecule has 0 aromatic carbocycles. The SMILES string of the molecule is CC(C(=O)OC1CC1)c1ccncc1. The van der Waals surface area contributed by atoms with Gasteiger partial charge >= 0.3 is 5.97 Å². The summed E-state index contributed by atoms with van der Waals surface area (Å²) in [6.45, 7) is 1.86. The van der Waals surface area contributed by atoms with Crippen LogP contribution in [0.3, 0.4) is 0 Å². The van der Waals surface area contributed by atoms with Gasteiger partial charge in [0.25, 0.3) is 0 Å². The molecule has 0 bridgehead atoms. The maximum absolute atomic E-state index is 11.6. The van der Waals surface area contributed by atoms with Gasteiger partial charge in [-0.25, -0.2) is 0 Å². The summed E-state index contributed by atoms with van der Waals surface area (Å²) in [5.74, 6) is -0.308. The van der Waals surface area contributed by atoms with Crippen LogP contribution in [0.2, 0.25) is 0 Å². The van der Waals surface area contributed by atoms with Crippen molar-refractivity contribution < 1.29 is 9.53 Å². The molecule has 1 aromatic rings. The Morgan fingerprint density at radius 1 is 1.50 bits per heavy atom. The second kappa shape index (κ2) is 3.78. The van der Waals surface area contributed by atoms with E-state index in [0.29, 0.717) is 0 Å². The second-order valence-corrected chi connectivity index (χ2v) is 3.64. The molecule has 0 N–H and O–H groups in total. The Balaban J connectivity index is 1.99. The van der Waals surface area contributed by atoms with Gasteiger partial charge in [0.2, 0.25) is 0 Å². The molecule has 0 aliphatic heterocycles. The zero-order valence-corrected chi connectivity index (χ0v) is 8.14. The Hall–Kier alpha value is -1.38. The molecule has 3 nitrogen and oxygen atoms in total. The average molecular weight is 191 g/mol. The van der Waals surface area contributed by atoms with Crippen molar-refractivity contribution in [2.75, 3.05) is 0 Å². The first kappa shape index (κ1) is 9.19. The number of carbonyl (C=O) groups is 1. The highest BCUT2D eigenvalue weighted by Crippen LogP contribution is 2.26. The molecule has 1 saturated carbocycles. The van der Waals surface area contributed by atoms with Crippen LogP contribution in [0.25, 0.3) is 0 Å². The average Bonchev–Trinajstić information content (AvgIpc) is 3.02. The minimum Gasteiger partial charge on any atom is -0.462 e. The van der Waals surface area contributed by atoms with Crippen LogP contribution in [-0.4, -0.2) is 17.1 Å². The molecular formula is C11H13NO2. The molecule has 0 amide bonds. The number of hydrogen-bond donors (Lipinski definition) is 0. The van der Waals surface area contributed by atoms with Gasteiger partial charge in [-0.3, -0.25) is 9.78 Å². The lowest BCUT2D eigenvalue weighted by molar-refractivity contribution is -0.146. The molecule has 2 rings (SSSR count). The van der Waals surface area contributed by atoms with Crippen molar-refractivity contribution in [3.05, 3.63) is 30.1 Å². The van der Waals surface area contributed by atoms with Gasteiger partial charge in [0.1, 0.15) is 6.10 Å². The smallest absolute Gasteiger partial charge is 0.313 e. The zero-order valence-electron chi connectivity index (χ0n) is 8.14. The standard InChI is InChI=1S/C11H13NO2/c1-8(9-4-6-12-7-5-9)11(13)14-10-2-3-10/h4-8,10H,2-3H2,1H3. The van der Waals surface area contributed by atoms with Gasteiger partial charge in [0, 0.05) is 12.4 Å². The molecule has 1 unspecified atom stereocenters. The highest BCUT2D eigenvalue weighted by Gasteiger charge is 2.28. The fourth-order valence-corrected chi connectivity index (χ4v) is 1.24. The maximum Gasteiger partial charge on any atom is 0.313 e. The van der Waals surface area contributed by atoms with E-state index in [-0.39, 0.29) is 18.0 Å². The Kier molecular flexibility index (Phi) is 2.48. The number of nitrogens with zero attached hydrogens (tertiary/aromatic N) is 1. The molecule has 1 heterocycles. The normalized spacial score (nSPS) is 17.5. The largest absolute Gasteiger partial charge is 0.462 e. The maximum atomic E-state index is 11.6. The Bertz CT molecular complexity index is 319. The molecule has 74 valence electrons. The molecule has 0 spiro atoms. The number of esters is 1. The van der Waals surface area contributed by atoms with E-state index in [9.17, 15) is 4.79 Å². The highest BCUT2D eigenvalue weighted by atomic mass is 16.5. The van der Waals surface area contributed by atoms with Gasteiger partial charge in [0.05, 0.1) is 5.92 Å². The second-order valence-electron chi connectivity index (χ2n) is 3.64. The van der Waals surface area contributed by atoms with Crippen LogP contribution >= 0.6 is 0 Å². The molecule has 1 aliphatic carbocycles. The van der Waals surface area contributed by atoms with Crippen LogP contribution in [-0.2, 0) is 9.53 Å². The Morgan fingerprint density at radius 3 is 2.71 bits per heavy atom. The summed E-state index contributed by atoms with van der Waals surface area (Å²) >= 11 is 0. The van der Waals surface area contributed by atoms with Crippen LogP contribution in [0.5, 0.6) is 0 Å². The first-order valence-electron chi connectivity index (χ1n) is 4.88. The number of pyridine rings is 1. The van der Waals surface area contributed by atoms with E-state index in [0.717, 1.165) is 18.4 Å². The van der Waals surface area contributed by atoms with E-state index >= 15 is 0 Å². The van der Waals surface area contributed by atoms with Crippen molar-refractivity contribution in [3.8, 4) is 0 Å². The summed E-state index contributed by atoms with van der Waals surface area (Å²) in [6.07, 6.45) is 5.61. The molecule has 1 aliphatic rings. The molecule has 1 aromatic heterocycles. The molecule has 1 fully saturated rings. The predicted molar refractivity (Wildman–Crippen MR) is 51.8 cm³/mol. The Labute approximate surface area is 83.1 Å². The minimum atomic E-state index is -0.182. The fraction of sp³-hybridized carbons (Fsp3) is 0.455. The number of ether oxygens (including phenoxy) is 1. The highest BCUT2D eigenvalue weighted by molar-refractivity contribution is 5.77. The summed E-state index contributed by atoms with van der Waals surface area (Å²) in [6, 6.07) is 3.69. The van der Waals surface area contributed by atoms with E-state index in [1.165, 1.54) is 0 Å². The summed E-state index contributed by atoms with van der Waals surface area (Å²) in [4.78, 5) is 15.5. The van der Waals surface area contributed by atoms with Crippen molar-refractivity contribution in [2.45, 2.75) is 31.8 Å². The third kappa shape index (κ3) is 2.10. The van der Waals surface area contributed by atoms with Crippen LogP contribution in [0.15, 0.2) is 24.5 Å². The Morgan fingerprint density at radius 2 is 2.14 bits per heavy atom. The van der Waals surface area contributed by atoms with Gasteiger partial charge in [-0.2, -0.15) is 0 Å². The summed E-state index contributed by atoms with van der Waals surface area (Å²) in [5.41, 5.74) is 0.964. The topological polar surface area (TPSA) is 39.2 Å². The first-order chi connectivity index (χ1) is 6.77. The fourth-order valence-electron chi connectivity index (χ4n) is 1.24. The number of aromatic nitrogens is 1. The molecule has 0 saturated heterocycles. The van der Waals surface area contributed by atoms with Gasteiger partial charge in [-0.15, -0.1) is 0 Å². The monoisotopic (exact) mass is 191 g/mol. The van der Waals surface area contributed by atoms with Crippen LogP contribution < -0.4 is 0 Å². The minimum absolute atomic E-state index is 0.126. The zero-order chi connectivity index (χ0) is 9.97.